The first-order chi connectivity index (χ1) is 7.09. The molecule has 0 unspecified atom stereocenters. The van der Waals surface area contributed by atoms with Crippen molar-refractivity contribution in [2.24, 2.45) is 0 Å². The Bertz CT molecular complexity index is 566. The molecule has 0 aromatic carbocycles. The maximum absolute atomic E-state index is 12.8. The van der Waals surface area contributed by atoms with Crippen molar-refractivity contribution in [3.63, 3.8) is 0 Å². The molecular formula is C7H5FN4O2S. The Hall–Kier alpha value is -1.83. The summed E-state index contributed by atoms with van der Waals surface area (Å²) in [7, 11) is -4.81. The molecule has 8 heteroatoms. The number of halogens is 1. The van der Waals surface area contributed by atoms with Crippen LogP contribution in [-0.2, 0) is 10.2 Å². The molecule has 0 N–H and O–H groups in total. The molecule has 0 fully saturated rings. The van der Waals surface area contributed by atoms with E-state index in [9.17, 15) is 12.3 Å². The van der Waals surface area contributed by atoms with Gasteiger partial charge in [-0.15, -0.1) is 3.89 Å². The van der Waals surface area contributed by atoms with Gasteiger partial charge in [-0.25, -0.2) is 14.6 Å². The summed E-state index contributed by atoms with van der Waals surface area (Å²) >= 11 is 0. The lowest BCUT2D eigenvalue weighted by atomic mass is 10.5. The van der Waals surface area contributed by atoms with Crippen molar-refractivity contribution in [1.29, 1.82) is 0 Å². The van der Waals surface area contributed by atoms with Gasteiger partial charge in [0, 0.05) is 6.20 Å². The fourth-order valence-corrected chi connectivity index (χ4v) is 1.67. The molecule has 0 saturated heterocycles. The van der Waals surface area contributed by atoms with E-state index in [0.717, 1.165) is 10.7 Å². The highest BCUT2D eigenvalue weighted by atomic mass is 32.3. The van der Waals surface area contributed by atoms with Crippen molar-refractivity contribution < 1.29 is 12.3 Å². The van der Waals surface area contributed by atoms with Gasteiger partial charge in [-0.2, -0.15) is 13.5 Å². The number of pyridine rings is 1. The Balaban J connectivity index is 2.68. The standard InChI is InChI=1S/C7H5FN4O2S/c8-15(13,14)6-2-1-3-10-7(6)12-5-9-4-11-12/h1-5H. The van der Waals surface area contributed by atoms with Gasteiger partial charge in [0.2, 0.25) is 0 Å². The highest BCUT2D eigenvalue weighted by Gasteiger charge is 2.19. The van der Waals surface area contributed by atoms with Gasteiger partial charge in [0.05, 0.1) is 0 Å². The Morgan fingerprint density at radius 3 is 2.80 bits per heavy atom. The van der Waals surface area contributed by atoms with Crippen molar-refractivity contribution in [1.82, 2.24) is 19.7 Å². The van der Waals surface area contributed by atoms with Gasteiger partial charge >= 0.3 is 10.2 Å². The van der Waals surface area contributed by atoms with Crippen LogP contribution >= 0.6 is 0 Å². The quantitative estimate of drug-likeness (QED) is 0.692. The van der Waals surface area contributed by atoms with E-state index < -0.39 is 15.1 Å². The minimum Gasteiger partial charge on any atom is -0.236 e. The van der Waals surface area contributed by atoms with E-state index in [2.05, 4.69) is 15.1 Å². The highest BCUT2D eigenvalue weighted by Crippen LogP contribution is 2.17. The van der Waals surface area contributed by atoms with E-state index in [-0.39, 0.29) is 5.82 Å². The lowest BCUT2D eigenvalue weighted by Gasteiger charge is -2.02. The number of hydrogen-bond acceptors (Lipinski definition) is 5. The van der Waals surface area contributed by atoms with Gasteiger partial charge in [-0.1, -0.05) is 0 Å². The first-order valence-electron chi connectivity index (χ1n) is 3.84. The highest BCUT2D eigenvalue weighted by molar-refractivity contribution is 7.86. The molecule has 0 amide bonds. The van der Waals surface area contributed by atoms with Gasteiger partial charge in [0.25, 0.3) is 0 Å². The van der Waals surface area contributed by atoms with Crippen molar-refractivity contribution in [2.45, 2.75) is 4.90 Å². The summed E-state index contributed by atoms with van der Waals surface area (Å²) in [5, 5.41) is 3.67. The van der Waals surface area contributed by atoms with E-state index in [1.807, 2.05) is 0 Å². The van der Waals surface area contributed by atoms with E-state index >= 15 is 0 Å². The summed E-state index contributed by atoms with van der Waals surface area (Å²) in [6.45, 7) is 0. The van der Waals surface area contributed by atoms with Crippen molar-refractivity contribution >= 4 is 10.2 Å². The fraction of sp³-hybridized carbons (Fsp3) is 0. The molecule has 0 spiro atoms. The fourth-order valence-electron chi connectivity index (χ4n) is 1.06. The second kappa shape index (κ2) is 3.39. The third-order valence-electron chi connectivity index (χ3n) is 1.65. The largest absolute Gasteiger partial charge is 0.335 e. The second-order valence-corrected chi connectivity index (χ2v) is 3.92. The molecular weight excluding hydrogens is 223 g/mol. The van der Waals surface area contributed by atoms with Crippen LogP contribution in [0.2, 0.25) is 0 Å². The molecule has 2 aromatic rings. The van der Waals surface area contributed by atoms with Crippen molar-refractivity contribution in [3.8, 4) is 5.82 Å². The molecule has 0 aliphatic heterocycles. The van der Waals surface area contributed by atoms with E-state index in [1.54, 1.807) is 0 Å². The van der Waals surface area contributed by atoms with E-state index in [0.29, 0.717) is 0 Å². The second-order valence-electron chi connectivity index (χ2n) is 2.60. The Morgan fingerprint density at radius 1 is 1.40 bits per heavy atom. The molecule has 15 heavy (non-hydrogen) atoms. The van der Waals surface area contributed by atoms with Crippen molar-refractivity contribution in [2.75, 3.05) is 0 Å². The molecule has 2 aromatic heterocycles. The molecule has 0 saturated carbocycles. The molecule has 0 radical (unpaired) electrons. The SMILES string of the molecule is O=S(=O)(F)c1cccnc1-n1cncn1. The molecule has 0 aliphatic rings. The number of hydrogen-bond donors (Lipinski definition) is 0. The van der Waals surface area contributed by atoms with E-state index in [4.69, 9.17) is 0 Å². The minimum absolute atomic E-state index is 0.113. The monoisotopic (exact) mass is 228 g/mol. The van der Waals surface area contributed by atoms with Gasteiger partial charge in [-0.3, -0.25) is 0 Å². The van der Waals surface area contributed by atoms with Crippen LogP contribution in [0.1, 0.15) is 0 Å². The first-order valence-corrected chi connectivity index (χ1v) is 5.22. The zero-order valence-electron chi connectivity index (χ0n) is 7.28. The maximum atomic E-state index is 12.8. The summed E-state index contributed by atoms with van der Waals surface area (Å²) in [6.07, 6.45) is 3.77. The van der Waals surface area contributed by atoms with Gasteiger partial charge in [-0.05, 0) is 12.1 Å². The normalized spacial score (nSPS) is 11.5. The molecule has 0 aliphatic carbocycles. The number of aromatic nitrogens is 4. The molecule has 0 atom stereocenters. The molecule has 2 heterocycles. The van der Waals surface area contributed by atoms with Crippen LogP contribution in [0.3, 0.4) is 0 Å². The van der Waals surface area contributed by atoms with Crippen LogP contribution in [0.15, 0.2) is 35.9 Å². The number of rotatable bonds is 2. The smallest absolute Gasteiger partial charge is 0.236 e. The summed E-state index contributed by atoms with van der Waals surface area (Å²) in [4.78, 5) is 6.81. The van der Waals surface area contributed by atoms with Gasteiger partial charge in [0.15, 0.2) is 5.82 Å². The zero-order valence-corrected chi connectivity index (χ0v) is 8.09. The molecule has 6 nitrogen and oxygen atoms in total. The summed E-state index contributed by atoms with van der Waals surface area (Å²) in [6, 6.07) is 2.44. The summed E-state index contributed by atoms with van der Waals surface area (Å²) < 4.78 is 35.5. The third-order valence-corrected chi connectivity index (χ3v) is 2.49. The van der Waals surface area contributed by atoms with Crippen LogP contribution in [-0.4, -0.2) is 28.2 Å². The van der Waals surface area contributed by atoms with Crippen LogP contribution in [0.4, 0.5) is 3.89 Å². The third kappa shape index (κ3) is 1.84. The lowest BCUT2D eigenvalue weighted by Crippen LogP contribution is -2.05. The van der Waals surface area contributed by atoms with Crippen LogP contribution < -0.4 is 0 Å². The summed E-state index contributed by atoms with van der Waals surface area (Å²) in [5.74, 6) is -0.113. The first kappa shape index (κ1) is 9.71. The van der Waals surface area contributed by atoms with Gasteiger partial charge < -0.3 is 0 Å². The number of nitrogens with zero attached hydrogens (tertiary/aromatic N) is 4. The van der Waals surface area contributed by atoms with Crippen LogP contribution in [0.25, 0.3) is 5.82 Å². The Labute approximate surface area is 84.6 Å². The van der Waals surface area contributed by atoms with E-state index in [1.165, 1.54) is 24.9 Å². The molecule has 78 valence electrons. The summed E-state index contributed by atoms with van der Waals surface area (Å²) in [5.41, 5.74) is 0. The van der Waals surface area contributed by atoms with Crippen LogP contribution in [0.5, 0.6) is 0 Å². The predicted molar refractivity (Wildman–Crippen MR) is 47.4 cm³/mol. The van der Waals surface area contributed by atoms with Gasteiger partial charge in [0.1, 0.15) is 17.6 Å². The van der Waals surface area contributed by atoms with Crippen molar-refractivity contribution in [3.05, 3.63) is 31.0 Å². The van der Waals surface area contributed by atoms with Crippen LogP contribution in [0, 0.1) is 0 Å². The minimum atomic E-state index is -4.81. The Kier molecular flexibility index (Phi) is 2.19. The maximum Gasteiger partial charge on any atom is 0.335 e. The lowest BCUT2D eigenvalue weighted by molar-refractivity contribution is 0.550. The average molecular weight is 228 g/mol. The molecule has 0 bridgehead atoms. The Morgan fingerprint density at radius 2 is 2.20 bits per heavy atom. The topological polar surface area (TPSA) is 77.7 Å². The zero-order chi connectivity index (χ0) is 10.9. The molecule has 2 rings (SSSR count). The average Bonchev–Trinajstić information content (AvgIpc) is 2.69. The predicted octanol–water partition coefficient (Wildman–Crippen LogP) is 0.320.